The fourth-order valence-corrected chi connectivity index (χ4v) is 3.65. The number of rotatable bonds is 5. The highest BCUT2D eigenvalue weighted by atomic mass is 16.5. The lowest BCUT2D eigenvalue weighted by Gasteiger charge is -2.32. The maximum absolute atomic E-state index is 6.07. The van der Waals surface area contributed by atoms with E-state index in [-0.39, 0.29) is 0 Å². The Balaban J connectivity index is 1.71. The number of fused-ring (bicyclic) bond motifs is 1. The highest BCUT2D eigenvalue weighted by molar-refractivity contribution is 5.40. The third kappa shape index (κ3) is 3.07. The Labute approximate surface area is 127 Å². The van der Waals surface area contributed by atoms with Crippen LogP contribution >= 0.6 is 0 Å². The van der Waals surface area contributed by atoms with Crippen LogP contribution in [0.15, 0.2) is 18.2 Å². The van der Waals surface area contributed by atoms with Crippen LogP contribution in [0.1, 0.15) is 30.0 Å². The third-order valence-corrected chi connectivity index (χ3v) is 5.02. The molecule has 2 unspecified atom stereocenters. The van der Waals surface area contributed by atoms with Gasteiger partial charge in [-0.05, 0) is 50.7 Å². The topological polar surface area (TPSA) is 41.7 Å². The summed E-state index contributed by atoms with van der Waals surface area (Å²) in [6.07, 6.45) is 3.64. The molecule has 2 aliphatic heterocycles. The molecule has 3 rings (SSSR count). The second kappa shape index (κ2) is 6.34. The van der Waals surface area contributed by atoms with Crippen LogP contribution in [0.2, 0.25) is 0 Å². The predicted molar refractivity (Wildman–Crippen MR) is 85.7 cm³/mol. The smallest absolute Gasteiger partial charge is 0.122 e. The van der Waals surface area contributed by atoms with Crippen LogP contribution in [0.5, 0.6) is 5.75 Å². The van der Waals surface area contributed by atoms with Crippen LogP contribution < -0.4 is 10.5 Å². The Bertz CT molecular complexity index is 491. The summed E-state index contributed by atoms with van der Waals surface area (Å²) >= 11 is 0. The zero-order valence-electron chi connectivity index (χ0n) is 13.2. The maximum Gasteiger partial charge on any atom is 0.122 e. The predicted octanol–water partition coefficient (Wildman–Crippen LogP) is 1.65. The molecule has 21 heavy (non-hydrogen) atoms. The van der Waals surface area contributed by atoms with Crippen molar-refractivity contribution in [1.82, 2.24) is 9.80 Å². The van der Waals surface area contributed by atoms with Gasteiger partial charge in [0.2, 0.25) is 0 Å². The minimum atomic E-state index is 0.296. The molecule has 0 aliphatic carbocycles. The van der Waals surface area contributed by atoms with Gasteiger partial charge in [0, 0.05) is 31.6 Å². The largest absolute Gasteiger partial charge is 0.493 e. The Morgan fingerprint density at radius 2 is 2.33 bits per heavy atom. The highest BCUT2D eigenvalue weighted by Gasteiger charge is 2.26. The zero-order valence-corrected chi connectivity index (χ0v) is 13.2. The summed E-state index contributed by atoms with van der Waals surface area (Å²) in [5, 5.41) is 0. The van der Waals surface area contributed by atoms with Gasteiger partial charge in [-0.15, -0.1) is 0 Å². The number of ether oxygens (including phenoxy) is 1. The lowest BCUT2D eigenvalue weighted by atomic mass is 10.0. The van der Waals surface area contributed by atoms with E-state index in [2.05, 4.69) is 42.1 Å². The number of likely N-dealkylation sites (tertiary alicyclic amines) is 1. The van der Waals surface area contributed by atoms with Crippen molar-refractivity contribution >= 4 is 0 Å². The summed E-state index contributed by atoms with van der Waals surface area (Å²) in [5.74, 6) is 1.05. The Kier molecular flexibility index (Phi) is 4.48. The fraction of sp³-hybridized carbons (Fsp3) is 0.647. The van der Waals surface area contributed by atoms with Gasteiger partial charge < -0.3 is 15.4 Å². The highest BCUT2D eigenvalue weighted by Crippen LogP contribution is 2.30. The summed E-state index contributed by atoms with van der Waals surface area (Å²) < 4.78 is 5.60. The molecular weight excluding hydrogens is 262 g/mol. The molecule has 1 fully saturated rings. The molecule has 4 nitrogen and oxygen atoms in total. The lowest BCUT2D eigenvalue weighted by Crippen LogP contribution is -2.40. The molecule has 2 heterocycles. The number of nitrogens with zero attached hydrogens (tertiary/aromatic N) is 2. The van der Waals surface area contributed by atoms with Crippen molar-refractivity contribution < 1.29 is 4.74 Å². The van der Waals surface area contributed by atoms with Crippen LogP contribution in [-0.2, 0) is 6.42 Å². The van der Waals surface area contributed by atoms with Gasteiger partial charge in [-0.3, -0.25) is 4.90 Å². The van der Waals surface area contributed by atoms with E-state index < -0.39 is 0 Å². The molecular formula is C17H27N3O. The van der Waals surface area contributed by atoms with Crippen molar-refractivity contribution in [3.63, 3.8) is 0 Å². The molecule has 0 aromatic heterocycles. The normalized spacial score (nSPS) is 23.3. The second-order valence-corrected chi connectivity index (χ2v) is 6.43. The zero-order chi connectivity index (χ0) is 14.8. The van der Waals surface area contributed by atoms with Gasteiger partial charge >= 0.3 is 0 Å². The average molecular weight is 289 g/mol. The van der Waals surface area contributed by atoms with Crippen LogP contribution in [-0.4, -0.2) is 56.2 Å². The van der Waals surface area contributed by atoms with Crippen LogP contribution in [0.25, 0.3) is 0 Å². The van der Waals surface area contributed by atoms with Crippen molar-refractivity contribution in [3.05, 3.63) is 29.3 Å². The molecule has 0 bridgehead atoms. The SMILES string of the molecule is CN1CCCC1CN(C)C(CN)c1ccc2c(c1)CCO2. The summed E-state index contributed by atoms with van der Waals surface area (Å²) in [6.45, 7) is 3.79. The van der Waals surface area contributed by atoms with Gasteiger partial charge in [-0.2, -0.15) is 0 Å². The Morgan fingerprint density at radius 3 is 3.05 bits per heavy atom. The Hall–Kier alpha value is -1.10. The van der Waals surface area contributed by atoms with E-state index in [1.54, 1.807) is 0 Å². The van der Waals surface area contributed by atoms with Gasteiger partial charge in [0.25, 0.3) is 0 Å². The van der Waals surface area contributed by atoms with Crippen LogP contribution in [0, 0.1) is 0 Å². The van der Waals surface area contributed by atoms with Crippen molar-refractivity contribution in [2.45, 2.75) is 31.3 Å². The molecule has 2 aliphatic rings. The van der Waals surface area contributed by atoms with Crippen molar-refractivity contribution in [1.29, 1.82) is 0 Å². The van der Waals surface area contributed by atoms with E-state index >= 15 is 0 Å². The van der Waals surface area contributed by atoms with Gasteiger partial charge in [0.15, 0.2) is 0 Å². The lowest BCUT2D eigenvalue weighted by molar-refractivity contribution is 0.179. The number of likely N-dealkylation sites (N-methyl/N-ethyl adjacent to an activating group) is 2. The first kappa shape index (κ1) is 14.8. The molecule has 0 saturated carbocycles. The first-order valence-corrected chi connectivity index (χ1v) is 8.05. The first-order chi connectivity index (χ1) is 10.2. The van der Waals surface area contributed by atoms with Gasteiger partial charge in [-0.25, -0.2) is 0 Å². The van der Waals surface area contributed by atoms with Crippen molar-refractivity contribution in [2.24, 2.45) is 5.73 Å². The molecule has 2 atom stereocenters. The number of benzene rings is 1. The molecule has 1 aromatic rings. The molecule has 0 spiro atoms. The molecule has 0 radical (unpaired) electrons. The van der Waals surface area contributed by atoms with E-state index in [1.165, 1.54) is 30.5 Å². The first-order valence-electron chi connectivity index (χ1n) is 8.05. The summed E-state index contributed by atoms with van der Waals surface area (Å²) in [4.78, 5) is 4.89. The summed E-state index contributed by atoms with van der Waals surface area (Å²) in [5.41, 5.74) is 8.73. The van der Waals surface area contributed by atoms with E-state index in [0.29, 0.717) is 18.6 Å². The van der Waals surface area contributed by atoms with Gasteiger partial charge in [-0.1, -0.05) is 12.1 Å². The minimum Gasteiger partial charge on any atom is -0.493 e. The van der Waals surface area contributed by atoms with Gasteiger partial charge in [0.05, 0.1) is 6.61 Å². The van der Waals surface area contributed by atoms with Crippen LogP contribution in [0.3, 0.4) is 0 Å². The minimum absolute atomic E-state index is 0.296. The van der Waals surface area contributed by atoms with E-state index in [4.69, 9.17) is 10.5 Å². The monoisotopic (exact) mass is 289 g/mol. The summed E-state index contributed by atoms with van der Waals surface area (Å²) in [6, 6.07) is 7.54. The molecule has 4 heteroatoms. The molecule has 0 amide bonds. The maximum atomic E-state index is 6.07. The van der Waals surface area contributed by atoms with E-state index in [1.807, 2.05) is 0 Å². The number of hydrogen-bond donors (Lipinski definition) is 1. The molecule has 116 valence electrons. The van der Waals surface area contributed by atoms with Crippen LogP contribution in [0.4, 0.5) is 0 Å². The molecule has 1 saturated heterocycles. The third-order valence-electron chi connectivity index (χ3n) is 5.02. The summed E-state index contributed by atoms with van der Waals surface area (Å²) in [7, 11) is 4.43. The van der Waals surface area contributed by atoms with Crippen molar-refractivity contribution in [2.75, 3.05) is 40.3 Å². The Morgan fingerprint density at radius 1 is 1.48 bits per heavy atom. The van der Waals surface area contributed by atoms with Crippen molar-refractivity contribution in [3.8, 4) is 5.75 Å². The standard InChI is InChI=1S/C17H27N3O/c1-19-8-3-4-15(19)12-20(2)16(11-18)13-5-6-17-14(10-13)7-9-21-17/h5-6,10,15-16H,3-4,7-9,11-12,18H2,1-2H3. The van der Waals surface area contributed by atoms with E-state index in [0.717, 1.165) is 25.3 Å². The second-order valence-electron chi connectivity index (χ2n) is 6.43. The molecule has 2 N–H and O–H groups in total. The average Bonchev–Trinajstić information content (AvgIpc) is 3.09. The quantitative estimate of drug-likeness (QED) is 0.895. The molecule has 1 aromatic carbocycles. The number of hydrogen-bond acceptors (Lipinski definition) is 4. The van der Waals surface area contributed by atoms with E-state index in [9.17, 15) is 0 Å². The van der Waals surface area contributed by atoms with Gasteiger partial charge in [0.1, 0.15) is 5.75 Å². The fourth-order valence-electron chi connectivity index (χ4n) is 3.65. The number of nitrogens with two attached hydrogens (primary N) is 1.